The van der Waals surface area contributed by atoms with Gasteiger partial charge in [-0.15, -0.1) is 0 Å². The molecule has 0 fully saturated rings. The third kappa shape index (κ3) is 2.96. The van der Waals surface area contributed by atoms with E-state index >= 15 is 0 Å². The highest BCUT2D eigenvalue weighted by atomic mass is 15.1. The topological polar surface area (TPSA) is 55.1 Å². The zero-order valence-corrected chi connectivity index (χ0v) is 13.1. The standard InChI is InChI=1S/C19H17N5/c1-2-6-15(7-3-1)9-11-20-19-21-12-10-16(23-19)17-14-22-18-8-4-5-13-24(17)18/h1-8,10,12-14H,9,11H2,(H,20,21,23). The third-order valence-electron chi connectivity index (χ3n) is 3.87. The van der Waals surface area contributed by atoms with Crippen molar-refractivity contribution in [3.8, 4) is 11.4 Å². The highest BCUT2D eigenvalue weighted by Gasteiger charge is 2.07. The molecule has 0 bridgehead atoms. The maximum absolute atomic E-state index is 4.61. The number of anilines is 1. The first-order valence-corrected chi connectivity index (χ1v) is 7.93. The predicted octanol–water partition coefficient (Wildman–Crippen LogP) is 3.45. The van der Waals surface area contributed by atoms with E-state index in [-0.39, 0.29) is 0 Å². The summed E-state index contributed by atoms with van der Waals surface area (Å²) in [6.45, 7) is 0.792. The van der Waals surface area contributed by atoms with Gasteiger partial charge in [0.2, 0.25) is 5.95 Å². The molecule has 4 rings (SSSR count). The summed E-state index contributed by atoms with van der Waals surface area (Å²) >= 11 is 0. The molecule has 1 aromatic carbocycles. The maximum atomic E-state index is 4.61. The minimum atomic E-state index is 0.634. The van der Waals surface area contributed by atoms with Gasteiger partial charge >= 0.3 is 0 Å². The minimum absolute atomic E-state index is 0.634. The van der Waals surface area contributed by atoms with Gasteiger partial charge in [0.15, 0.2) is 0 Å². The molecule has 4 aromatic rings. The van der Waals surface area contributed by atoms with E-state index in [0.29, 0.717) is 5.95 Å². The van der Waals surface area contributed by atoms with Gasteiger partial charge in [0.1, 0.15) is 5.65 Å². The fraction of sp³-hybridized carbons (Fsp3) is 0.105. The van der Waals surface area contributed by atoms with Gasteiger partial charge in [0, 0.05) is 18.9 Å². The largest absolute Gasteiger partial charge is 0.354 e. The fourth-order valence-corrected chi connectivity index (χ4v) is 2.67. The fourth-order valence-electron chi connectivity index (χ4n) is 2.67. The van der Waals surface area contributed by atoms with Crippen molar-refractivity contribution in [1.29, 1.82) is 0 Å². The highest BCUT2D eigenvalue weighted by Crippen LogP contribution is 2.19. The molecule has 0 radical (unpaired) electrons. The van der Waals surface area contributed by atoms with Crippen molar-refractivity contribution in [1.82, 2.24) is 19.4 Å². The molecular weight excluding hydrogens is 298 g/mol. The number of aromatic nitrogens is 4. The first-order chi connectivity index (χ1) is 11.9. The Kier molecular flexibility index (Phi) is 3.90. The van der Waals surface area contributed by atoms with E-state index in [0.717, 1.165) is 30.0 Å². The molecular formula is C19H17N5. The van der Waals surface area contributed by atoms with Gasteiger partial charge < -0.3 is 5.32 Å². The second-order valence-corrected chi connectivity index (χ2v) is 5.50. The summed E-state index contributed by atoms with van der Waals surface area (Å²) in [5.41, 5.74) is 4.01. The molecule has 0 spiro atoms. The zero-order chi connectivity index (χ0) is 16.2. The molecule has 5 heteroatoms. The Hall–Kier alpha value is -3.21. The van der Waals surface area contributed by atoms with E-state index < -0.39 is 0 Å². The van der Waals surface area contributed by atoms with Crippen LogP contribution in [-0.4, -0.2) is 25.9 Å². The van der Waals surface area contributed by atoms with Crippen molar-refractivity contribution in [2.75, 3.05) is 11.9 Å². The number of fused-ring (bicyclic) bond motifs is 1. The van der Waals surface area contributed by atoms with Crippen LogP contribution in [0.15, 0.2) is 73.2 Å². The predicted molar refractivity (Wildman–Crippen MR) is 94.9 cm³/mol. The first-order valence-electron chi connectivity index (χ1n) is 7.93. The van der Waals surface area contributed by atoms with E-state index in [4.69, 9.17) is 0 Å². The van der Waals surface area contributed by atoms with E-state index in [9.17, 15) is 0 Å². The van der Waals surface area contributed by atoms with Crippen molar-refractivity contribution < 1.29 is 0 Å². The van der Waals surface area contributed by atoms with Crippen molar-refractivity contribution >= 4 is 11.6 Å². The van der Waals surface area contributed by atoms with Gasteiger partial charge in [-0.3, -0.25) is 4.40 Å². The number of nitrogens with one attached hydrogen (secondary N) is 1. The van der Waals surface area contributed by atoms with Crippen LogP contribution in [0, 0.1) is 0 Å². The Morgan fingerprint density at radius 3 is 2.71 bits per heavy atom. The van der Waals surface area contributed by atoms with Crippen LogP contribution in [0.3, 0.4) is 0 Å². The first kappa shape index (κ1) is 14.4. The van der Waals surface area contributed by atoms with E-state index in [1.54, 1.807) is 6.20 Å². The molecule has 3 aromatic heterocycles. The Bertz CT molecular complexity index is 946. The summed E-state index contributed by atoms with van der Waals surface area (Å²) in [5.74, 6) is 0.634. The summed E-state index contributed by atoms with van der Waals surface area (Å²) in [6.07, 6.45) is 6.53. The Morgan fingerprint density at radius 2 is 1.79 bits per heavy atom. The molecule has 5 nitrogen and oxygen atoms in total. The van der Waals surface area contributed by atoms with Crippen LogP contribution in [-0.2, 0) is 6.42 Å². The molecule has 0 aliphatic heterocycles. The molecule has 0 atom stereocenters. The van der Waals surface area contributed by atoms with Gasteiger partial charge in [-0.1, -0.05) is 36.4 Å². The number of hydrogen-bond acceptors (Lipinski definition) is 4. The molecule has 0 aliphatic rings. The van der Waals surface area contributed by atoms with Gasteiger partial charge in [-0.2, -0.15) is 0 Å². The second kappa shape index (κ2) is 6.50. The summed E-state index contributed by atoms with van der Waals surface area (Å²) < 4.78 is 2.02. The lowest BCUT2D eigenvalue weighted by molar-refractivity contribution is 0.983. The molecule has 0 saturated carbocycles. The average Bonchev–Trinajstić information content (AvgIpc) is 3.07. The summed E-state index contributed by atoms with van der Waals surface area (Å²) in [5, 5.41) is 3.29. The molecule has 3 heterocycles. The number of pyridine rings is 1. The molecule has 24 heavy (non-hydrogen) atoms. The number of benzene rings is 1. The summed E-state index contributed by atoms with van der Waals surface area (Å²) in [7, 11) is 0. The van der Waals surface area contributed by atoms with Gasteiger partial charge in [-0.25, -0.2) is 15.0 Å². The Balaban J connectivity index is 1.51. The van der Waals surface area contributed by atoms with Gasteiger partial charge in [0.25, 0.3) is 0 Å². The quantitative estimate of drug-likeness (QED) is 0.613. The summed E-state index contributed by atoms with van der Waals surface area (Å²) in [6, 6.07) is 18.2. The highest BCUT2D eigenvalue weighted by molar-refractivity contribution is 5.60. The average molecular weight is 315 g/mol. The Morgan fingerprint density at radius 1 is 0.917 bits per heavy atom. The summed E-state index contributed by atoms with van der Waals surface area (Å²) in [4.78, 5) is 13.3. The number of nitrogens with zero attached hydrogens (tertiary/aromatic N) is 4. The number of rotatable bonds is 5. The van der Waals surface area contributed by atoms with Crippen LogP contribution in [0.4, 0.5) is 5.95 Å². The molecule has 0 amide bonds. The van der Waals surface area contributed by atoms with Crippen LogP contribution in [0.1, 0.15) is 5.56 Å². The number of hydrogen-bond donors (Lipinski definition) is 1. The molecule has 0 unspecified atom stereocenters. The van der Waals surface area contributed by atoms with E-state index in [1.807, 2.05) is 47.1 Å². The molecule has 118 valence electrons. The normalized spacial score (nSPS) is 10.8. The van der Waals surface area contributed by atoms with Crippen LogP contribution in [0.25, 0.3) is 17.0 Å². The van der Waals surface area contributed by atoms with Crippen molar-refractivity contribution in [3.05, 3.63) is 78.8 Å². The lowest BCUT2D eigenvalue weighted by Crippen LogP contribution is -2.08. The van der Waals surface area contributed by atoms with Gasteiger partial charge in [0.05, 0.1) is 17.6 Å². The van der Waals surface area contributed by atoms with Crippen LogP contribution >= 0.6 is 0 Å². The SMILES string of the molecule is c1ccc(CCNc2nccc(-c3cnc4ccccn34)n2)cc1. The molecule has 0 aliphatic carbocycles. The van der Waals surface area contributed by atoms with E-state index in [2.05, 4.69) is 44.5 Å². The van der Waals surface area contributed by atoms with Crippen molar-refractivity contribution in [2.24, 2.45) is 0 Å². The Labute approximate surface area is 140 Å². The maximum Gasteiger partial charge on any atom is 0.223 e. The zero-order valence-electron chi connectivity index (χ0n) is 13.1. The van der Waals surface area contributed by atoms with Gasteiger partial charge in [-0.05, 0) is 30.2 Å². The van der Waals surface area contributed by atoms with Crippen LogP contribution in [0.2, 0.25) is 0 Å². The minimum Gasteiger partial charge on any atom is -0.354 e. The smallest absolute Gasteiger partial charge is 0.223 e. The van der Waals surface area contributed by atoms with E-state index in [1.165, 1.54) is 5.56 Å². The van der Waals surface area contributed by atoms with Crippen LogP contribution in [0.5, 0.6) is 0 Å². The number of imidazole rings is 1. The molecule has 0 saturated heterocycles. The third-order valence-corrected chi connectivity index (χ3v) is 3.87. The monoisotopic (exact) mass is 315 g/mol. The lowest BCUT2D eigenvalue weighted by atomic mass is 10.1. The lowest BCUT2D eigenvalue weighted by Gasteiger charge is -2.06. The molecule has 1 N–H and O–H groups in total. The van der Waals surface area contributed by atoms with Crippen molar-refractivity contribution in [2.45, 2.75) is 6.42 Å². The van der Waals surface area contributed by atoms with Crippen molar-refractivity contribution in [3.63, 3.8) is 0 Å². The second-order valence-electron chi connectivity index (χ2n) is 5.50. The van der Waals surface area contributed by atoms with Crippen LogP contribution < -0.4 is 5.32 Å².